The van der Waals surface area contributed by atoms with E-state index in [9.17, 15) is 9.18 Å². The van der Waals surface area contributed by atoms with Gasteiger partial charge in [-0.05, 0) is 36.5 Å². The number of carbonyl (C=O) groups is 1. The maximum atomic E-state index is 13.3. The van der Waals surface area contributed by atoms with Gasteiger partial charge >= 0.3 is 0 Å². The third-order valence-electron chi connectivity index (χ3n) is 5.80. The van der Waals surface area contributed by atoms with Crippen LogP contribution in [0.25, 0.3) is 0 Å². The Labute approximate surface area is 130 Å². The minimum atomic E-state index is -0.227. The molecule has 1 aromatic carbocycles. The quantitative estimate of drug-likeness (QED) is 0.932. The lowest BCUT2D eigenvalue weighted by atomic mass is 9.57. The fourth-order valence-electron chi connectivity index (χ4n) is 4.47. The first-order valence-electron chi connectivity index (χ1n) is 8.16. The average Bonchev–Trinajstić information content (AvgIpc) is 3.15. The van der Waals surface area contributed by atoms with Crippen LogP contribution in [-0.2, 0) is 9.53 Å². The van der Waals surface area contributed by atoms with Crippen LogP contribution in [0.5, 0.6) is 0 Å². The molecular formula is C18H22FNO2. The molecule has 3 nitrogen and oxygen atoms in total. The summed E-state index contributed by atoms with van der Waals surface area (Å²) in [6, 6.07) is 6.83. The molecule has 0 radical (unpaired) electrons. The van der Waals surface area contributed by atoms with E-state index in [0.29, 0.717) is 5.92 Å². The molecule has 1 aromatic rings. The van der Waals surface area contributed by atoms with Gasteiger partial charge in [-0.15, -0.1) is 0 Å². The molecule has 4 heteroatoms. The number of fused-ring (bicyclic) bond motifs is 1. The number of hydrogen-bond donors (Lipinski definition) is 1. The third kappa shape index (κ3) is 2.08. The topological polar surface area (TPSA) is 38.3 Å². The Kier molecular flexibility index (Phi) is 3.09. The van der Waals surface area contributed by atoms with Gasteiger partial charge in [0.05, 0.1) is 6.10 Å². The molecule has 3 fully saturated rings. The molecule has 0 aromatic heterocycles. The molecule has 1 amide bonds. The number of nitrogens with one attached hydrogen (secondary N) is 1. The zero-order valence-corrected chi connectivity index (χ0v) is 13.0. The SMILES string of the molecule is CC1(C)[C@H](NC(=O)[C@@H]2C[C@@H]2c2cccc(F)c2)[C@@H]2CCO[C@H]21. The number of rotatable bonds is 3. The molecule has 22 heavy (non-hydrogen) atoms. The summed E-state index contributed by atoms with van der Waals surface area (Å²) < 4.78 is 19.1. The first kappa shape index (κ1) is 14.2. The van der Waals surface area contributed by atoms with E-state index in [4.69, 9.17) is 4.74 Å². The van der Waals surface area contributed by atoms with E-state index in [2.05, 4.69) is 19.2 Å². The normalized spacial score (nSPS) is 38.0. The Morgan fingerprint density at radius 3 is 3.00 bits per heavy atom. The molecule has 2 aliphatic carbocycles. The standard InChI is InChI=1S/C18H22FNO2/c1-18(2)15(12-6-7-22-16(12)18)20-17(21)14-9-13(14)10-4-3-5-11(19)8-10/h3-5,8,12-16H,6-7,9H2,1-2H3,(H,20,21)/t12-,13+,14+,15+,16+/m0/s1. The van der Waals surface area contributed by atoms with E-state index in [1.165, 1.54) is 6.07 Å². The van der Waals surface area contributed by atoms with Crippen molar-refractivity contribution in [2.75, 3.05) is 6.61 Å². The number of benzene rings is 1. The Morgan fingerprint density at radius 1 is 1.41 bits per heavy atom. The lowest BCUT2D eigenvalue weighted by molar-refractivity contribution is -0.138. The molecule has 2 saturated carbocycles. The molecule has 118 valence electrons. The summed E-state index contributed by atoms with van der Waals surface area (Å²) in [5.74, 6) is 0.533. The van der Waals surface area contributed by atoms with Crippen LogP contribution < -0.4 is 5.32 Å². The first-order chi connectivity index (χ1) is 10.5. The van der Waals surface area contributed by atoms with E-state index in [-0.39, 0.29) is 41.1 Å². The highest BCUT2D eigenvalue weighted by Gasteiger charge is 2.60. The van der Waals surface area contributed by atoms with E-state index in [1.54, 1.807) is 12.1 Å². The van der Waals surface area contributed by atoms with Crippen LogP contribution >= 0.6 is 0 Å². The van der Waals surface area contributed by atoms with Gasteiger partial charge < -0.3 is 10.1 Å². The summed E-state index contributed by atoms with van der Waals surface area (Å²) in [5.41, 5.74) is 0.954. The number of amides is 1. The second kappa shape index (κ2) is 4.79. The molecule has 0 unspecified atom stereocenters. The van der Waals surface area contributed by atoms with Crippen LogP contribution in [0.2, 0.25) is 0 Å². The van der Waals surface area contributed by atoms with Gasteiger partial charge in [0, 0.05) is 29.9 Å². The third-order valence-corrected chi connectivity index (χ3v) is 5.80. The van der Waals surface area contributed by atoms with Crippen molar-refractivity contribution < 1.29 is 13.9 Å². The van der Waals surface area contributed by atoms with Gasteiger partial charge in [0.2, 0.25) is 5.91 Å². The molecule has 3 aliphatic rings. The molecule has 1 N–H and O–H groups in total. The summed E-state index contributed by atoms with van der Waals surface area (Å²) in [4.78, 5) is 12.5. The van der Waals surface area contributed by atoms with Crippen molar-refractivity contribution in [2.45, 2.75) is 44.8 Å². The smallest absolute Gasteiger partial charge is 0.223 e. The monoisotopic (exact) mass is 303 g/mol. The Hall–Kier alpha value is -1.42. The molecule has 1 heterocycles. The predicted octanol–water partition coefficient (Wildman–Crippen LogP) is 2.86. The van der Waals surface area contributed by atoms with E-state index in [0.717, 1.165) is 25.0 Å². The molecular weight excluding hydrogens is 281 g/mol. The van der Waals surface area contributed by atoms with Crippen LogP contribution in [0.3, 0.4) is 0 Å². The predicted molar refractivity (Wildman–Crippen MR) is 80.8 cm³/mol. The van der Waals surface area contributed by atoms with E-state index >= 15 is 0 Å². The van der Waals surface area contributed by atoms with Gasteiger partial charge in [0.15, 0.2) is 0 Å². The van der Waals surface area contributed by atoms with Crippen molar-refractivity contribution >= 4 is 5.91 Å². The molecule has 1 aliphatic heterocycles. The highest BCUT2D eigenvalue weighted by Crippen LogP contribution is 2.53. The number of ether oxygens (including phenoxy) is 1. The van der Waals surface area contributed by atoms with Crippen molar-refractivity contribution in [2.24, 2.45) is 17.3 Å². The van der Waals surface area contributed by atoms with Crippen molar-refractivity contribution in [1.29, 1.82) is 0 Å². The van der Waals surface area contributed by atoms with Gasteiger partial charge in [-0.1, -0.05) is 26.0 Å². The van der Waals surface area contributed by atoms with Crippen LogP contribution in [0.4, 0.5) is 4.39 Å². The minimum Gasteiger partial charge on any atom is -0.377 e. The van der Waals surface area contributed by atoms with Crippen molar-refractivity contribution in [1.82, 2.24) is 5.32 Å². The van der Waals surface area contributed by atoms with Gasteiger partial charge in [-0.3, -0.25) is 4.79 Å². The van der Waals surface area contributed by atoms with Crippen LogP contribution in [0.1, 0.15) is 38.2 Å². The zero-order chi connectivity index (χ0) is 15.5. The maximum Gasteiger partial charge on any atom is 0.223 e. The fraction of sp³-hybridized carbons (Fsp3) is 0.611. The molecule has 0 bridgehead atoms. The van der Waals surface area contributed by atoms with Gasteiger partial charge in [-0.2, -0.15) is 0 Å². The van der Waals surface area contributed by atoms with Gasteiger partial charge in [0.1, 0.15) is 5.82 Å². The van der Waals surface area contributed by atoms with Crippen molar-refractivity contribution in [3.8, 4) is 0 Å². The molecule has 5 atom stereocenters. The maximum absolute atomic E-state index is 13.3. The summed E-state index contributed by atoms with van der Waals surface area (Å²) >= 11 is 0. The van der Waals surface area contributed by atoms with Crippen LogP contribution in [0, 0.1) is 23.1 Å². The van der Waals surface area contributed by atoms with Crippen molar-refractivity contribution in [3.63, 3.8) is 0 Å². The first-order valence-corrected chi connectivity index (χ1v) is 8.16. The van der Waals surface area contributed by atoms with Gasteiger partial charge in [-0.25, -0.2) is 4.39 Å². The number of carbonyl (C=O) groups excluding carboxylic acids is 1. The van der Waals surface area contributed by atoms with E-state index in [1.807, 2.05) is 6.07 Å². The van der Waals surface area contributed by atoms with Crippen molar-refractivity contribution in [3.05, 3.63) is 35.6 Å². The fourth-order valence-corrected chi connectivity index (χ4v) is 4.47. The lowest BCUT2D eigenvalue weighted by Gasteiger charge is -2.54. The summed E-state index contributed by atoms with van der Waals surface area (Å²) in [7, 11) is 0. The molecule has 1 saturated heterocycles. The van der Waals surface area contributed by atoms with E-state index < -0.39 is 0 Å². The minimum absolute atomic E-state index is 0.000952. The Morgan fingerprint density at radius 2 is 2.23 bits per heavy atom. The van der Waals surface area contributed by atoms with Gasteiger partial charge in [0.25, 0.3) is 0 Å². The molecule has 0 spiro atoms. The Bertz CT molecular complexity index is 615. The summed E-state index contributed by atoms with van der Waals surface area (Å²) in [5, 5.41) is 3.24. The second-order valence-corrected chi connectivity index (χ2v) is 7.56. The largest absolute Gasteiger partial charge is 0.377 e. The summed E-state index contributed by atoms with van der Waals surface area (Å²) in [6.45, 7) is 5.14. The number of hydrogen-bond acceptors (Lipinski definition) is 2. The summed E-state index contributed by atoms with van der Waals surface area (Å²) in [6.07, 6.45) is 2.15. The highest BCUT2D eigenvalue weighted by atomic mass is 19.1. The highest BCUT2D eigenvalue weighted by molar-refractivity contribution is 5.83. The lowest BCUT2D eigenvalue weighted by Crippen LogP contribution is -2.66. The van der Waals surface area contributed by atoms with Crippen LogP contribution in [0.15, 0.2) is 24.3 Å². The second-order valence-electron chi connectivity index (χ2n) is 7.56. The number of halogens is 1. The average molecular weight is 303 g/mol. The van der Waals surface area contributed by atoms with Crippen LogP contribution in [-0.4, -0.2) is 24.7 Å². The molecule has 4 rings (SSSR count). The Balaban J connectivity index is 1.40. The zero-order valence-electron chi connectivity index (χ0n) is 13.0.